The van der Waals surface area contributed by atoms with Crippen molar-refractivity contribution < 1.29 is 49.2 Å². The third-order valence-corrected chi connectivity index (χ3v) is 8.02. The second-order valence-corrected chi connectivity index (χ2v) is 11.2. The van der Waals surface area contributed by atoms with E-state index in [0.29, 0.717) is 0 Å². The summed E-state index contributed by atoms with van der Waals surface area (Å²) in [5.74, 6) is 0.0393. The van der Waals surface area contributed by atoms with Crippen molar-refractivity contribution in [3.63, 3.8) is 0 Å². The van der Waals surface area contributed by atoms with E-state index in [-0.39, 0.29) is 10.9 Å². The van der Waals surface area contributed by atoms with Gasteiger partial charge >= 0.3 is 17.4 Å². The fourth-order valence-electron chi connectivity index (χ4n) is 3.12. The van der Waals surface area contributed by atoms with E-state index in [2.05, 4.69) is 65.9 Å². The average molecular weight is 575 g/mol. The molecule has 38 heavy (non-hydrogen) atoms. The van der Waals surface area contributed by atoms with Gasteiger partial charge in [0.25, 0.3) is 6.10 Å². The van der Waals surface area contributed by atoms with Crippen LogP contribution in [0.3, 0.4) is 0 Å². The lowest BCUT2D eigenvalue weighted by atomic mass is 10.3. The van der Waals surface area contributed by atoms with Crippen LogP contribution in [-0.4, -0.2) is 36.5 Å². The van der Waals surface area contributed by atoms with E-state index in [4.69, 9.17) is 4.74 Å². The minimum absolute atomic E-state index is 0.0829. The second-order valence-electron chi connectivity index (χ2n) is 7.74. The Hall–Kier alpha value is -3.42. The van der Waals surface area contributed by atoms with Crippen molar-refractivity contribution in [2.75, 3.05) is 0 Å². The smallest absolute Gasteiger partial charge is 0.432 e. The van der Waals surface area contributed by atoms with E-state index >= 15 is 0 Å². The molecule has 1 unspecified atom stereocenters. The van der Waals surface area contributed by atoms with E-state index in [9.17, 15) is 39.7 Å². The van der Waals surface area contributed by atoms with Crippen molar-refractivity contribution in [3.05, 3.63) is 91.0 Å². The van der Waals surface area contributed by atoms with E-state index in [0.717, 1.165) is 18.4 Å². The summed E-state index contributed by atoms with van der Waals surface area (Å²) in [5, 5.41) is -5.84. The maximum absolute atomic E-state index is 12.8. The number of ether oxygens (including phenoxy) is 2. The van der Waals surface area contributed by atoms with Gasteiger partial charge in [0.2, 0.25) is 9.79 Å². The predicted octanol–water partition coefficient (Wildman–Crippen LogP) is 6.06. The van der Waals surface area contributed by atoms with Crippen molar-refractivity contribution in [1.82, 2.24) is 0 Å². The van der Waals surface area contributed by atoms with Crippen molar-refractivity contribution >= 4 is 27.0 Å². The largest absolute Gasteiger partial charge is 0.743 e. The summed E-state index contributed by atoms with van der Waals surface area (Å²) in [6, 6.07) is 27.3. The summed E-state index contributed by atoms with van der Waals surface area (Å²) in [4.78, 5) is 14.6. The molecular weight excluding hydrogens is 555 g/mol. The number of rotatable bonds is 5. The first-order chi connectivity index (χ1) is 17.6. The highest BCUT2D eigenvalue weighted by atomic mass is 32.2. The highest BCUT2D eigenvalue weighted by Crippen LogP contribution is 2.46. The zero-order valence-electron chi connectivity index (χ0n) is 19.4. The Bertz CT molecular complexity index is 1380. The highest BCUT2D eigenvalue weighted by molar-refractivity contribution is 7.97. The Labute approximate surface area is 217 Å². The number of fused-ring (bicyclic) bond motifs is 2. The lowest BCUT2D eigenvalue weighted by Crippen LogP contribution is -2.52. The summed E-state index contributed by atoms with van der Waals surface area (Å²) >= 11 is 0. The van der Waals surface area contributed by atoms with Crippen molar-refractivity contribution in [1.29, 1.82) is 0 Å². The van der Waals surface area contributed by atoms with Crippen molar-refractivity contribution in [3.8, 4) is 11.5 Å². The monoisotopic (exact) mass is 574 g/mol. The van der Waals surface area contributed by atoms with Crippen LogP contribution in [0.4, 0.5) is 22.0 Å². The molecule has 0 N–H and O–H groups in total. The number of hydrogen-bond donors (Lipinski definition) is 0. The van der Waals surface area contributed by atoms with E-state index in [1.807, 2.05) is 24.3 Å². The highest BCUT2D eigenvalue weighted by Gasteiger charge is 2.63. The Kier molecular flexibility index (Phi) is 8.54. The van der Waals surface area contributed by atoms with Gasteiger partial charge in [0.1, 0.15) is 10.9 Å². The van der Waals surface area contributed by atoms with Gasteiger partial charge in [-0.15, -0.1) is 0 Å². The second kappa shape index (κ2) is 11.1. The molecule has 0 saturated heterocycles. The zero-order chi connectivity index (χ0) is 28.3. The lowest BCUT2D eigenvalue weighted by molar-refractivity contribution is -0.257. The number of esters is 1. The molecule has 0 fully saturated rings. The minimum atomic E-state index is -6.67. The topological polar surface area (TPSA) is 92.7 Å². The van der Waals surface area contributed by atoms with E-state index in [1.54, 1.807) is 0 Å². The van der Waals surface area contributed by atoms with Gasteiger partial charge in [-0.2, -0.15) is 22.0 Å². The first kappa shape index (κ1) is 29.1. The van der Waals surface area contributed by atoms with Crippen LogP contribution in [-0.2, 0) is 30.5 Å². The Morgan fingerprint density at radius 1 is 0.895 bits per heavy atom. The fourth-order valence-corrected chi connectivity index (χ4v) is 5.79. The minimum Gasteiger partial charge on any atom is -0.743 e. The standard InChI is InChI=1S/C18H13OS.C7H7F5O5S/c1-2-8-14(9-3-1)20-17-12-6-4-10-15(17)19-16-11-5-7-13-18(16)20;1-3(2)4(13)17-5(6(8,9)10)7(11,12)18(14,15)16/h1-13H;5H,1H2,2H3,(H,14,15,16)/q+1;/p-1. The molecule has 202 valence electrons. The molecule has 1 aliphatic heterocycles. The summed E-state index contributed by atoms with van der Waals surface area (Å²) in [6.45, 7) is 3.67. The number of benzene rings is 3. The lowest BCUT2D eigenvalue weighted by Gasteiger charge is -2.29. The van der Waals surface area contributed by atoms with Gasteiger partial charge in [0.15, 0.2) is 26.5 Å². The van der Waals surface area contributed by atoms with Crippen LogP contribution >= 0.6 is 0 Å². The van der Waals surface area contributed by atoms with Crippen molar-refractivity contribution in [2.24, 2.45) is 0 Å². The summed E-state index contributed by atoms with van der Waals surface area (Å²) < 4.78 is 102. The SMILES string of the molecule is C=C(C)C(=O)OC(C(F)(F)F)C(F)(F)S(=O)(=O)[O-].c1ccc([S+]2c3ccccc3Oc3ccccc32)cc1. The van der Waals surface area contributed by atoms with Crippen LogP contribution in [0.2, 0.25) is 0 Å². The van der Waals surface area contributed by atoms with E-state index < -0.39 is 39.2 Å². The van der Waals surface area contributed by atoms with Crippen LogP contribution in [0.15, 0.2) is 106 Å². The molecule has 13 heteroatoms. The molecule has 0 bridgehead atoms. The van der Waals surface area contributed by atoms with Gasteiger partial charge in [-0.3, -0.25) is 0 Å². The molecule has 1 aliphatic rings. The van der Waals surface area contributed by atoms with Gasteiger partial charge in [0.05, 0.1) is 0 Å². The maximum atomic E-state index is 12.8. The molecule has 1 heterocycles. The van der Waals surface area contributed by atoms with Gasteiger partial charge in [0, 0.05) is 5.57 Å². The Balaban J connectivity index is 0.000000213. The molecule has 0 aliphatic carbocycles. The quantitative estimate of drug-likeness (QED) is 0.0946. The molecular formula is C25H19F5O6S2. The first-order valence-electron chi connectivity index (χ1n) is 10.6. The predicted molar refractivity (Wildman–Crippen MR) is 127 cm³/mol. The fraction of sp³-hybridized carbons (Fsp3) is 0.160. The third kappa shape index (κ3) is 6.34. The van der Waals surface area contributed by atoms with Crippen LogP contribution in [0.25, 0.3) is 0 Å². The molecule has 0 amide bonds. The van der Waals surface area contributed by atoms with Crippen molar-refractivity contribution in [2.45, 2.75) is 39.1 Å². The third-order valence-electron chi connectivity index (χ3n) is 4.85. The summed E-state index contributed by atoms with van der Waals surface area (Å²) in [7, 11) is -6.75. The number of para-hydroxylation sites is 2. The molecule has 1 atom stereocenters. The molecule has 3 aromatic carbocycles. The molecule has 0 saturated carbocycles. The average Bonchev–Trinajstić information content (AvgIpc) is 2.85. The normalized spacial score (nSPS) is 14.1. The number of carbonyl (C=O) groups excluding carboxylic acids is 1. The zero-order valence-corrected chi connectivity index (χ0v) is 21.1. The van der Waals surface area contributed by atoms with Crippen LogP contribution in [0.5, 0.6) is 11.5 Å². The van der Waals surface area contributed by atoms with Crippen LogP contribution in [0.1, 0.15) is 6.92 Å². The summed E-state index contributed by atoms with van der Waals surface area (Å²) in [5.41, 5.74) is -0.677. The molecule has 4 rings (SSSR count). The van der Waals surface area contributed by atoms with Gasteiger partial charge in [-0.05, 0) is 43.3 Å². The van der Waals surface area contributed by atoms with Gasteiger partial charge in [-0.25, -0.2) is 13.2 Å². The number of carbonyl (C=O) groups is 1. The summed E-state index contributed by atoms with van der Waals surface area (Å²) in [6.07, 6.45) is -10.3. The molecule has 0 aromatic heterocycles. The first-order valence-corrected chi connectivity index (χ1v) is 13.2. The number of alkyl halides is 5. The van der Waals surface area contributed by atoms with Gasteiger partial charge < -0.3 is 14.0 Å². The van der Waals surface area contributed by atoms with Gasteiger partial charge in [-0.1, -0.05) is 49.0 Å². The number of halogens is 5. The Morgan fingerprint density at radius 2 is 1.34 bits per heavy atom. The van der Waals surface area contributed by atoms with E-state index in [1.165, 1.54) is 14.7 Å². The van der Waals surface area contributed by atoms with Crippen LogP contribution in [0, 0.1) is 0 Å². The molecule has 6 nitrogen and oxygen atoms in total. The Morgan fingerprint density at radius 3 is 1.76 bits per heavy atom. The molecule has 3 aromatic rings. The molecule has 0 spiro atoms. The number of hydrogen-bond acceptors (Lipinski definition) is 6. The van der Waals surface area contributed by atoms with Crippen LogP contribution < -0.4 is 4.74 Å². The maximum Gasteiger partial charge on any atom is 0.432 e. The molecule has 0 radical (unpaired) electrons.